The molecule has 1 aromatic rings. The zero-order valence-corrected chi connectivity index (χ0v) is 15.0. The van der Waals surface area contributed by atoms with Crippen LogP contribution in [0.3, 0.4) is 0 Å². The number of rotatable bonds is 4. The van der Waals surface area contributed by atoms with Crippen molar-refractivity contribution < 1.29 is 9.90 Å². The molecule has 1 saturated carbocycles. The van der Waals surface area contributed by atoms with Crippen molar-refractivity contribution in [3.05, 3.63) is 35.9 Å². The lowest BCUT2D eigenvalue weighted by Gasteiger charge is -2.33. The third-order valence-corrected chi connectivity index (χ3v) is 5.40. The minimum atomic E-state index is -0.497. The molecular formula is C19H29ClN2O2. The van der Waals surface area contributed by atoms with Gasteiger partial charge in [0, 0.05) is 24.5 Å². The Balaban J connectivity index is 0.00000208. The number of carbonyl (C=O) groups is 1. The van der Waals surface area contributed by atoms with Gasteiger partial charge in [0.15, 0.2) is 0 Å². The van der Waals surface area contributed by atoms with Crippen LogP contribution in [0.2, 0.25) is 0 Å². The van der Waals surface area contributed by atoms with Gasteiger partial charge in [0.25, 0.3) is 0 Å². The molecule has 1 aliphatic heterocycles. The van der Waals surface area contributed by atoms with Crippen LogP contribution < -0.4 is 5.73 Å². The van der Waals surface area contributed by atoms with Crippen LogP contribution in [0.25, 0.3) is 0 Å². The highest BCUT2D eigenvalue weighted by Gasteiger charge is 2.35. The van der Waals surface area contributed by atoms with Crippen LogP contribution in [0.1, 0.15) is 56.6 Å². The zero-order chi connectivity index (χ0) is 16.2. The van der Waals surface area contributed by atoms with Gasteiger partial charge in [-0.1, -0.05) is 36.8 Å². The van der Waals surface area contributed by atoms with Gasteiger partial charge in [0.05, 0.1) is 6.10 Å². The van der Waals surface area contributed by atoms with Crippen molar-refractivity contribution in [1.29, 1.82) is 0 Å². The van der Waals surface area contributed by atoms with Crippen molar-refractivity contribution in [3.63, 3.8) is 0 Å². The van der Waals surface area contributed by atoms with Gasteiger partial charge in [-0.25, -0.2) is 0 Å². The molecule has 4 unspecified atom stereocenters. The Morgan fingerprint density at radius 2 is 1.96 bits per heavy atom. The summed E-state index contributed by atoms with van der Waals surface area (Å²) in [5, 5.41) is 10.5. The van der Waals surface area contributed by atoms with Crippen LogP contribution in [0, 0.1) is 5.92 Å². The maximum Gasteiger partial charge on any atom is 0.225 e. The molecule has 0 aromatic heterocycles. The molecule has 3 N–H and O–H groups in total. The van der Waals surface area contributed by atoms with Crippen LogP contribution in [-0.4, -0.2) is 34.5 Å². The van der Waals surface area contributed by atoms with Crippen molar-refractivity contribution in [2.45, 2.75) is 63.1 Å². The summed E-state index contributed by atoms with van der Waals surface area (Å²) in [6, 6.07) is 10.1. The number of benzene rings is 1. The number of hydrogen-bond donors (Lipinski definition) is 2. The molecule has 2 aliphatic rings. The van der Waals surface area contributed by atoms with Gasteiger partial charge in [0.2, 0.25) is 5.91 Å². The van der Waals surface area contributed by atoms with Gasteiger partial charge in [-0.15, -0.1) is 12.4 Å². The average Bonchev–Trinajstić information content (AvgIpc) is 3.03. The lowest BCUT2D eigenvalue weighted by atomic mass is 9.85. The Morgan fingerprint density at radius 3 is 2.67 bits per heavy atom. The Bertz CT molecular complexity index is 525. The lowest BCUT2D eigenvalue weighted by Crippen LogP contribution is -2.43. The normalized spacial score (nSPS) is 28.2. The molecule has 1 heterocycles. The number of likely N-dealkylation sites (tertiary alicyclic amines) is 1. The van der Waals surface area contributed by atoms with Crippen molar-refractivity contribution in [1.82, 2.24) is 4.90 Å². The maximum atomic E-state index is 12.9. The van der Waals surface area contributed by atoms with E-state index in [2.05, 4.69) is 0 Å². The molecule has 4 nitrogen and oxygen atoms in total. The van der Waals surface area contributed by atoms with Crippen LogP contribution in [0.15, 0.2) is 30.3 Å². The molecule has 1 saturated heterocycles. The van der Waals surface area contributed by atoms with E-state index in [9.17, 15) is 9.90 Å². The van der Waals surface area contributed by atoms with Crippen LogP contribution in [-0.2, 0) is 4.79 Å². The third kappa shape index (κ3) is 4.50. The smallest absolute Gasteiger partial charge is 0.225 e. The topological polar surface area (TPSA) is 66.6 Å². The van der Waals surface area contributed by atoms with E-state index in [1.807, 2.05) is 35.2 Å². The van der Waals surface area contributed by atoms with Gasteiger partial charge >= 0.3 is 0 Å². The van der Waals surface area contributed by atoms with E-state index in [1.54, 1.807) is 0 Å². The third-order valence-electron chi connectivity index (χ3n) is 5.40. The second-order valence-electron chi connectivity index (χ2n) is 7.11. The first-order chi connectivity index (χ1) is 11.1. The second-order valence-corrected chi connectivity index (χ2v) is 7.11. The first-order valence-electron chi connectivity index (χ1n) is 8.94. The van der Waals surface area contributed by atoms with E-state index in [1.165, 1.54) is 0 Å². The van der Waals surface area contributed by atoms with Crippen LogP contribution in [0.4, 0.5) is 0 Å². The van der Waals surface area contributed by atoms with E-state index < -0.39 is 6.10 Å². The van der Waals surface area contributed by atoms with E-state index in [0.29, 0.717) is 6.42 Å². The molecule has 1 aromatic carbocycles. The number of nitrogens with zero attached hydrogens (tertiary/aromatic N) is 1. The Hall–Kier alpha value is -1.10. The summed E-state index contributed by atoms with van der Waals surface area (Å²) in [5.74, 6) is 0.358. The summed E-state index contributed by atoms with van der Waals surface area (Å²) >= 11 is 0. The monoisotopic (exact) mass is 352 g/mol. The fourth-order valence-electron chi connectivity index (χ4n) is 4.13. The molecule has 0 bridgehead atoms. The van der Waals surface area contributed by atoms with Crippen LogP contribution in [0.5, 0.6) is 0 Å². The number of halogens is 1. The number of hydrogen-bond acceptors (Lipinski definition) is 3. The van der Waals surface area contributed by atoms with Crippen molar-refractivity contribution >= 4 is 18.3 Å². The molecule has 0 radical (unpaired) electrons. The zero-order valence-electron chi connectivity index (χ0n) is 14.1. The molecular weight excluding hydrogens is 324 g/mol. The van der Waals surface area contributed by atoms with Crippen LogP contribution >= 0.6 is 12.4 Å². The molecule has 5 heteroatoms. The molecule has 24 heavy (non-hydrogen) atoms. The molecule has 134 valence electrons. The second kappa shape index (κ2) is 8.84. The molecule has 3 rings (SSSR count). The molecule has 1 amide bonds. The van der Waals surface area contributed by atoms with E-state index >= 15 is 0 Å². The fourth-order valence-corrected chi connectivity index (χ4v) is 4.13. The number of nitrogens with two attached hydrogens (primary N) is 1. The molecule has 4 atom stereocenters. The van der Waals surface area contributed by atoms with Gasteiger partial charge in [-0.05, 0) is 44.1 Å². The number of aliphatic hydroxyl groups is 1. The maximum absolute atomic E-state index is 12.9. The van der Waals surface area contributed by atoms with Gasteiger partial charge < -0.3 is 15.7 Å². The minimum absolute atomic E-state index is 0. The quantitative estimate of drug-likeness (QED) is 0.875. The predicted molar refractivity (Wildman–Crippen MR) is 97.9 cm³/mol. The van der Waals surface area contributed by atoms with E-state index in [-0.39, 0.29) is 36.3 Å². The largest absolute Gasteiger partial charge is 0.388 e. The summed E-state index contributed by atoms with van der Waals surface area (Å²) < 4.78 is 0. The summed E-state index contributed by atoms with van der Waals surface area (Å²) in [4.78, 5) is 14.9. The fraction of sp³-hybridized carbons (Fsp3) is 0.632. The highest BCUT2D eigenvalue weighted by molar-refractivity contribution is 5.85. The number of aliphatic hydroxyl groups excluding tert-OH is 1. The predicted octanol–water partition coefficient (Wildman–Crippen LogP) is 3.04. The van der Waals surface area contributed by atoms with Gasteiger partial charge in [-0.2, -0.15) is 0 Å². The van der Waals surface area contributed by atoms with E-state index in [4.69, 9.17) is 5.73 Å². The first-order valence-corrected chi connectivity index (χ1v) is 8.94. The van der Waals surface area contributed by atoms with Gasteiger partial charge in [0.1, 0.15) is 0 Å². The van der Waals surface area contributed by atoms with Crippen molar-refractivity contribution in [2.24, 2.45) is 11.7 Å². The van der Waals surface area contributed by atoms with E-state index in [0.717, 1.165) is 50.6 Å². The SMILES string of the molecule is Cl.NC1CCCC(C(=O)N2CCCC2CC(O)c2ccccc2)C1. The lowest BCUT2D eigenvalue weighted by molar-refractivity contribution is -0.138. The summed E-state index contributed by atoms with van der Waals surface area (Å²) in [6.45, 7) is 0.830. The summed E-state index contributed by atoms with van der Waals surface area (Å²) in [5.41, 5.74) is 6.98. The first kappa shape index (κ1) is 19.2. The van der Waals surface area contributed by atoms with Crippen molar-refractivity contribution in [2.75, 3.05) is 6.54 Å². The minimum Gasteiger partial charge on any atom is -0.388 e. The molecule has 0 spiro atoms. The highest BCUT2D eigenvalue weighted by atomic mass is 35.5. The Kier molecular flexibility index (Phi) is 7.08. The summed E-state index contributed by atoms with van der Waals surface area (Å²) in [6.07, 6.45) is 6.06. The average molecular weight is 353 g/mol. The number of carbonyl (C=O) groups excluding carboxylic acids is 1. The highest BCUT2D eigenvalue weighted by Crippen LogP contribution is 2.32. The standard InChI is InChI=1S/C19H28N2O2.ClH/c20-16-9-4-8-15(12-16)19(23)21-11-5-10-17(21)13-18(22)14-6-2-1-3-7-14;/h1-3,6-7,15-18,22H,4-5,8-13,20H2;1H. The van der Waals surface area contributed by atoms with Gasteiger partial charge in [-0.3, -0.25) is 4.79 Å². The number of amides is 1. The van der Waals surface area contributed by atoms with Crippen molar-refractivity contribution in [3.8, 4) is 0 Å². The summed E-state index contributed by atoms with van der Waals surface area (Å²) in [7, 11) is 0. The Labute approximate surface area is 150 Å². The molecule has 1 aliphatic carbocycles. The molecule has 2 fully saturated rings. The Morgan fingerprint density at radius 1 is 1.21 bits per heavy atom.